The number of aliphatic hydroxyl groups excluding tert-OH is 1. The molecule has 0 fully saturated rings. The molecular weight excluding hydrogens is 292 g/mol. The summed E-state index contributed by atoms with van der Waals surface area (Å²) in [5.41, 5.74) is 1.49. The van der Waals surface area contributed by atoms with Crippen molar-refractivity contribution in [3.05, 3.63) is 59.3 Å². The molecule has 0 aliphatic carbocycles. The summed E-state index contributed by atoms with van der Waals surface area (Å²) in [5, 5.41) is 8.79. The maximum atomic E-state index is 12.3. The van der Waals surface area contributed by atoms with Crippen molar-refractivity contribution in [1.82, 2.24) is 9.29 Å². The van der Waals surface area contributed by atoms with Crippen LogP contribution >= 0.6 is 0 Å². The van der Waals surface area contributed by atoms with Crippen LogP contribution in [-0.2, 0) is 23.2 Å². The van der Waals surface area contributed by atoms with Gasteiger partial charge in [-0.25, -0.2) is 9.29 Å². The van der Waals surface area contributed by atoms with E-state index in [1.807, 2.05) is 0 Å². The average molecular weight is 304 g/mol. The standard InChI is InChI=1S/C14H12N2O4S/c17-9-11-5-3-10(4-6-11)8-16-14(18)12-2-1-7-15-13(12)21(16,19)20/h1-7,17H,8-9H2. The zero-order chi connectivity index (χ0) is 15.0. The van der Waals surface area contributed by atoms with Crippen LogP contribution in [0.3, 0.4) is 0 Å². The maximum absolute atomic E-state index is 12.3. The van der Waals surface area contributed by atoms with Crippen LogP contribution in [0.1, 0.15) is 21.5 Å². The Morgan fingerprint density at radius 1 is 1.10 bits per heavy atom. The monoisotopic (exact) mass is 304 g/mol. The molecule has 1 N–H and O–H groups in total. The SMILES string of the molecule is O=C1c2cccnc2S(=O)(=O)N1Cc1ccc(CO)cc1. The highest BCUT2D eigenvalue weighted by Crippen LogP contribution is 2.29. The molecule has 108 valence electrons. The molecule has 1 aromatic carbocycles. The Bertz CT molecular complexity index is 800. The normalized spacial score (nSPS) is 16.0. The van der Waals surface area contributed by atoms with Crippen LogP contribution < -0.4 is 0 Å². The van der Waals surface area contributed by atoms with Crippen LogP contribution in [0.25, 0.3) is 0 Å². The number of aliphatic hydroxyl groups is 1. The minimum absolute atomic E-state index is 0.0523. The van der Waals surface area contributed by atoms with E-state index in [9.17, 15) is 13.2 Å². The lowest BCUT2D eigenvalue weighted by Crippen LogP contribution is -2.29. The van der Waals surface area contributed by atoms with E-state index in [0.717, 1.165) is 9.87 Å². The quantitative estimate of drug-likeness (QED) is 0.911. The van der Waals surface area contributed by atoms with E-state index >= 15 is 0 Å². The van der Waals surface area contributed by atoms with Gasteiger partial charge in [-0.2, -0.15) is 8.42 Å². The summed E-state index contributed by atoms with van der Waals surface area (Å²) in [6.07, 6.45) is 1.35. The number of aromatic nitrogens is 1. The Labute approximate surface area is 121 Å². The number of fused-ring (bicyclic) bond motifs is 1. The van der Waals surface area contributed by atoms with Crippen LogP contribution in [0.5, 0.6) is 0 Å². The Balaban J connectivity index is 1.95. The molecule has 1 aliphatic heterocycles. The molecule has 1 aromatic heterocycles. The topological polar surface area (TPSA) is 87.6 Å². The van der Waals surface area contributed by atoms with Crippen LogP contribution in [0.15, 0.2) is 47.6 Å². The van der Waals surface area contributed by atoms with Crippen LogP contribution in [0, 0.1) is 0 Å². The first-order valence-electron chi connectivity index (χ1n) is 6.25. The van der Waals surface area contributed by atoms with Gasteiger partial charge in [0.05, 0.1) is 18.7 Å². The lowest BCUT2D eigenvalue weighted by molar-refractivity contribution is 0.0865. The minimum Gasteiger partial charge on any atom is -0.392 e. The van der Waals surface area contributed by atoms with E-state index in [0.29, 0.717) is 5.56 Å². The van der Waals surface area contributed by atoms with Gasteiger partial charge >= 0.3 is 0 Å². The molecule has 2 heterocycles. The van der Waals surface area contributed by atoms with E-state index in [-0.39, 0.29) is 23.7 Å². The lowest BCUT2D eigenvalue weighted by Gasteiger charge is -2.14. The molecule has 0 unspecified atom stereocenters. The van der Waals surface area contributed by atoms with Gasteiger partial charge in [0.25, 0.3) is 15.9 Å². The first-order valence-corrected chi connectivity index (χ1v) is 7.69. The Morgan fingerprint density at radius 3 is 2.38 bits per heavy atom. The number of carbonyl (C=O) groups excluding carboxylic acids is 1. The van der Waals surface area contributed by atoms with Crippen molar-refractivity contribution in [2.45, 2.75) is 18.2 Å². The molecule has 0 spiro atoms. The third-order valence-electron chi connectivity index (χ3n) is 3.29. The van der Waals surface area contributed by atoms with Crippen molar-refractivity contribution < 1.29 is 18.3 Å². The summed E-state index contributed by atoms with van der Waals surface area (Å²) >= 11 is 0. The number of rotatable bonds is 3. The molecule has 0 saturated carbocycles. The van der Waals surface area contributed by atoms with Gasteiger partial charge in [0.2, 0.25) is 0 Å². The summed E-state index contributed by atoms with van der Waals surface area (Å²) in [6.45, 7) is -0.139. The number of hydrogen-bond acceptors (Lipinski definition) is 5. The Morgan fingerprint density at radius 2 is 1.76 bits per heavy atom. The molecular formula is C14H12N2O4S. The molecule has 7 heteroatoms. The summed E-state index contributed by atoms with van der Waals surface area (Å²) in [4.78, 5) is 16.0. The zero-order valence-corrected chi connectivity index (χ0v) is 11.7. The fourth-order valence-electron chi connectivity index (χ4n) is 2.18. The fraction of sp³-hybridized carbons (Fsp3) is 0.143. The number of benzene rings is 1. The molecule has 0 radical (unpaired) electrons. The molecule has 0 bridgehead atoms. The van der Waals surface area contributed by atoms with Crippen molar-refractivity contribution in [3.63, 3.8) is 0 Å². The average Bonchev–Trinajstić information content (AvgIpc) is 2.70. The van der Waals surface area contributed by atoms with Gasteiger partial charge < -0.3 is 5.11 Å². The molecule has 21 heavy (non-hydrogen) atoms. The van der Waals surface area contributed by atoms with E-state index < -0.39 is 15.9 Å². The number of amides is 1. The molecule has 3 rings (SSSR count). The van der Waals surface area contributed by atoms with E-state index in [2.05, 4.69) is 4.98 Å². The highest BCUT2D eigenvalue weighted by atomic mass is 32.2. The first-order chi connectivity index (χ1) is 10.0. The van der Waals surface area contributed by atoms with Gasteiger partial charge in [-0.1, -0.05) is 24.3 Å². The van der Waals surface area contributed by atoms with Crippen LogP contribution in [0.2, 0.25) is 0 Å². The van der Waals surface area contributed by atoms with Gasteiger partial charge in [-0.3, -0.25) is 4.79 Å². The highest BCUT2D eigenvalue weighted by Gasteiger charge is 2.42. The number of sulfonamides is 1. The van der Waals surface area contributed by atoms with Crippen molar-refractivity contribution in [2.75, 3.05) is 0 Å². The predicted molar refractivity (Wildman–Crippen MR) is 73.7 cm³/mol. The zero-order valence-electron chi connectivity index (χ0n) is 10.9. The molecule has 0 atom stereocenters. The van der Waals surface area contributed by atoms with Crippen molar-refractivity contribution >= 4 is 15.9 Å². The van der Waals surface area contributed by atoms with Gasteiger partial charge in [-0.05, 0) is 23.3 Å². The second-order valence-corrected chi connectivity index (χ2v) is 6.43. The van der Waals surface area contributed by atoms with Crippen molar-refractivity contribution in [3.8, 4) is 0 Å². The predicted octanol–water partition coefficient (Wildman–Crippen LogP) is 0.919. The van der Waals surface area contributed by atoms with E-state index in [1.165, 1.54) is 18.3 Å². The lowest BCUT2D eigenvalue weighted by atomic mass is 10.1. The summed E-state index contributed by atoms with van der Waals surface area (Å²) < 4.78 is 25.5. The van der Waals surface area contributed by atoms with Crippen molar-refractivity contribution in [2.24, 2.45) is 0 Å². The van der Waals surface area contributed by atoms with E-state index in [4.69, 9.17) is 5.11 Å². The number of nitrogens with zero attached hydrogens (tertiary/aromatic N) is 2. The minimum atomic E-state index is -3.89. The van der Waals surface area contributed by atoms with Crippen LogP contribution in [0.4, 0.5) is 0 Å². The molecule has 1 aliphatic rings. The Hall–Kier alpha value is -2.25. The molecule has 0 saturated heterocycles. The molecule has 1 amide bonds. The van der Waals surface area contributed by atoms with Gasteiger partial charge in [0.15, 0.2) is 5.03 Å². The van der Waals surface area contributed by atoms with Crippen molar-refractivity contribution in [1.29, 1.82) is 0 Å². The number of carbonyl (C=O) groups is 1. The summed E-state index contributed by atoms with van der Waals surface area (Å²) in [7, 11) is -3.89. The third-order valence-corrected chi connectivity index (χ3v) is 4.98. The maximum Gasteiger partial charge on any atom is 0.285 e. The van der Waals surface area contributed by atoms with Crippen LogP contribution in [-0.4, -0.2) is 28.7 Å². The van der Waals surface area contributed by atoms with Gasteiger partial charge in [-0.15, -0.1) is 0 Å². The second-order valence-electron chi connectivity index (χ2n) is 4.65. The Kier molecular flexibility index (Phi) is 3.23. The molecule has 6 nitrogen and oxygen atoms in total. The largest absolute Gasteiger partial charge is 0.392 e. The van der Waals surface area contributed by atoms with E-state index in [1.54, 1.807) is 24.3 Å². The number of hydrogen-bond donors (Lipinski definition) is 1. The first kappa shape index (κ1) is 13.7. The van der Waals surface area contributed by atoms with Gasteiger partial charge in [0, 0.05) is 6.20 Å². The summed E-state index contributed by atoms with van der Waals surface area (Å²) in [6, 6.07) is 9.74. The fourth-order valence-corrected chi connectivity index (χ4v) is 3.65. The highest BCUT2D eigenvalue weighted by molar-refractivity contribution is 7.90. The third kappa shape index (κ3) is 2.20. The second kappa shape index (κ2) is 4.94. The van der Waals surface area contributed by atoms with Gasteiger partial charge in [0.1, 0.15) is 0 Å². The summed E-state index contributed by atoms with van der Waals surface area (Å²) in [5.74, 6) is -0.565. The number of pyridine rings is 1. The molecule has 2 aromatic rings. The smallest absolute Gasteiger partial charge is 0.285 e.